The minimum Gasteiger partial charge on any atom is -0.329 e. The smallest absolute Gasteiger partial charge is 0.228 e. The van der Waals surface area contributed by atoms with Crippen LogP contribution in [0.25, 0.3) is 0 Å². The number of rotatable bonds is 4. The predicted octanol–water partition coefficient (Wildman–Crippen LogP) is 2.68. The third kappa shape index (κ3) is 4.25. The molecule has 1 unspecified atom stereocenters. The molecule has 0 radical (unpaired) electrons. The van der Waals surface area contributed by atoms with Crippen molar-refractivity contribution in [2.45, 2.75) is 16.5 Å². The van der Waals surface area contributed by atoms with E-state index in [1.165, 1.54) is 23.9 Å². The number of amides is 1. The van der Waals surface area contributed by atoms with Crippen molar-refractivity contribution in [3.63, 3.8) is 0 Å². The molecule has 23 heavy (non-hydrogen) atoms. The van der Waals surface area contributed by atoms with E-state index in [9.17, 15) is 9.18 Å². The van der Waals surface area contributed by atoms with Crippen LogP contribution in [0.5, 0.6) is 0 Å². The van der Waals surface area contributed by atoms with Crippen LogP contribution in [0, 0.1) is 11.7 Å². The number of halogens is 2. The maximum atomic E-state index is 13.5. The lowest BCUT2D eigenvalue weighted by Crippen LogP contribution is -2.24. The van der Waals surface area contributed by atoms with Crippen LogP contribution in [-0.2, 0) is 11.8 Å². The van der Waals surface area contributed by atoms with E-state index in [1.807, 2.05) is 17.8 Å². The summed E-state index contributed by atoms with van der Waals surface area (Å²) in [5.74, 6) is -0.504. The minimum absolute atomic E-state index is 0. The number of nitrogens with zero attached hydrogens (tertiary/aromatic N) is 2. The molecule has 1 atom stereocenters. The molecule has 1 fully saturated rings. The van der Waals surface area contributed by atoms with Gasteiger partial charge in [0.15, 0.2) is 5.16 Å². The first kappa shape index (κ1) is 17.8. The van der Waals surface area contributed by atoms with Gasteiger partial charge >= 0.3 is 0 Å². The highest BCUT2D eigenvalue weighted by molar-refractivity contribution is 7.99. The number of anilines is 1. The second kappa shape index (κ2) is 7.81. The van der Waals surface area contributed by atoms with Gasteiger partial charge in [0.2, 0.25) is 5.91 Å². The average molecular weight is 357 g/mol. The van der Waals surface area contributed by atoms with E-state index in [0.29, 0.717) is 12.2 Å². The number of hydrogen-bond acceptors (Lipinski definition) is 4. The minimum atomic E-state index is -0.371. The number of imidazole rings is 1. The van der Waals surface area contributed by atoms with Crippen LogP contribution < -0.4 is 10.6 Å². The van der Waals surface area contributed by atoms with E-state index in [1.54, 1.807) is 12.3 Å². The molecular formula is C15H18ClFN4OS. The first-order chi connectivity index (χ1) is 10.6. The van der Waals surface area contributed by atoms with Gasteiger partial charge < -0.3 is 15.2 Å². The number of benzene rings is 1. The number of aryl methyl sites for hydroxylation is 1. The van der Waals surface area contributed by atoms with Gasteiger partial charge in [0, 0.05) is 30.9 Å². The largest absolute Gasteiger partial charge is 0.329 e. The Bertz CT molecular complexity index is 688. The molecule has 1 amide bonds. The first-order valence-corrected chi connectivity index (χ1v) is 7.91. The Balaban J connectivity index is 0.00000192. The molecule has 1 aromatic heterocycles. The zero-order valence-corrected chi connectivity index (χ0v) is 14.2. The molecule has 2 heterocycles. The van der Waals surface area contributed by atoms with Crippen LogP contribution in [0.1, 0.15) is 6.42 Å². The summed E-state index contributed by atoms with van der Waals surface area (Å²) < 4.78 is 15.4. The summed E-state index contributed by atoms with van der Waals surface area (Å²) in [5.41, 5.74) is 0.491. The Labute approximate surface area is 144 Å². The summed E-state index contributed by atoms with van der Waals surface area (Å²) in [6.45, 7) is 1.51. The topological polar surface area (TPSA) is 59.0 Å². The summed E-state index contributed by atoms with van der Waals surface area (Å²) in [6.07, 6.45) is 4.35. The van der Waals surface area contributed by atoms with Crippen molar-refractivity contribution in [2.24, 2.45) is 13.0 Å². The fourth-order valence-electron chi connectivity index (χ4n) is 2.35. The predicted molar refractivity (Wildman–Crippen MR) is 90.6 cm³/mol. The van der Waals surface area contributed by atoms with Crippen molar-refractivity contribution >= 4 is 35.8 Å². The molecule has 8 heteroatoms. The summed E-state index contributed by atoms with van der Waals surface area (Å²) in [6, 6.07) is 4.40. The molecule has 0 spiro atoms. The van der Waals surface area contributed by atoms with Crippen LogP contribution in [0.2, 0.25) is 0 Å². The van der Waals surface area contributed by atoms with Gasteiger partial charge in [-0.05, 0) is 42.9 Å². The van der Waals surface area contributed by atoms with Crippen LogP contribution in [0.4, 0.5) is 10.1 Å². The van der Waals surface area contributed by atoms with Gasteiger partial charge in [0.05, 0.1) is 11.6 Å². The zero-order valence-electron chi connectivity index (χ0n) is 12.6. The lowest BCUT2D eigenvalue weighted by atomic mass is 10.1. The molecule has 0 bridgehead atoms. The molecule has 0 saturated carbocycles. The van der Waals surface area contributed by atoms with Crippen LogP contribution in [-0.4, -0.2) is 28.5 Å². The molecule has 3 rings (SSSR count). The van der Waals surface area contributed by atoms with Gasteiger partial charge in [-0.15, -0.1) is 12.4 Å². The van der Waals surface area contributed by atoms with E-state index >= 15 is 0 Å². The molecule has 2 N–H and O–H groups in total. The van der Waals surface area contributed by atoms with Crippen LogP contribution in [0.3, 0.4) is 0 Å². The highest BCUT2D eigenvalue weighted by Crippen LogP contribution is 2.33. The molecule has 1 aliphatic heterocycles. The van der Waals surface area contributed by atoms with E-state index in [-0.39, 0.29) is 30.0 Å². The fraction of sp³-hybridized carbons (Fsp3) is 0.333. The Morgan fingerprint density at radius 1 is 1.52 bits per heavy atom. The van der Waals surface area contributed by atoms with Crippen molar-refractivity contribution < 1.29 is 9.18 Å². The van der Waals surface area contributed by atoms with E-state index < -0.39 is 0 Å². The highest BCUT2D eigenvalue weighted by Gasteiger charge is 2.23. The normalized spacial score (nSPS) is 16.9. The summed E-state index contributed by atoms with van der Waals surface area (Å²) in [4.78, 5) is 17.3. The zero-order chi connectivity index (χ0) is 15.5. The van der Waals surface area contributed by atoms with Gasteiger partial charge in [0.25, 0.3) is 0 Å². The Hall–Kier alpha value is -1.57. The maximum Gasteiger partial charge on any atom is 0.228 e. The average Bonchev–Trinajstić information content (AvgIpc) is 3.14. The van der Waals surface area contributed by atoms with E-state index in [4.69, 9.17) is 0 Å². The SMILES string of the molecule is Cl.Cn1ccnc1Sc1ccc(F)cc1NC(=O)C1CCNC1. The van der Waals surface area contributed by atoms with Crippen molar-refractivity contribution in [3.05, 3.63) is 36.4 Å². The Morgan fingerprint density at radius 2 is 2.35 bits per heavy atom. The monoisotopic (exact) mass is 356 g/mol. The molecular weight excluding hydrogens is 339 g/mol. The lowest BCUT2D eigenvalue weighted by Gasteiger charge is -2.13. The highest BCUT2D eigenvalue weighted by atomic mass is 35.5. The Kier molecular flexibility index (Phi) is 6.04. The van der Waals surface area contributed by atoms with Crippen LogP contribution >= 0.6 is 24.2 Å². The fourth-order valence-corrected chi connectivity index (χ4v) is 3.22. The van der Waals surface area contributed by atoms with Gasteiger partial charge in [-0.2, -0.15) is 0 Å². The molecule has 124 valence electrons. The number of aromatic nitrogens is 2. The van der Waals surface area contributed by atoms with Crippen molar-refractivity contribution in [1.82, 2.24) is 14.9 Å². The van der Waals surface area contributed by atoms with Gasteiger partial charge in [-0.1, -0.05) is 0 Å². The summed E-state index contributed by atoms with van der Waals surface area (Å²) in [5, 5.41) is 6.79. The van der Waals surface area contributed by atoms with Crippen molar-refractivity contribution in [2.75, 3.05) is 18.4 Å². The second-order valence-electron chi connectivity index (χ2n) is 5.24. The molecule has 1 aliphatic rings. The number of carbonyl (C=O) groups is 1. The van der Waals surface area contributed by atoms with E-state index in [0.717, 1.165) is 23.0 Å². The van der Waals surface area contributed by atoms with Gasteiger partial charge in [-0.25, -0.2) is 9.37 Å². The van der Waals surface area contributed by atoms with Gasteiger partial charge in [0.1, 0.15) is 5.82 Å². The van der Waals surface area contributed by atoms with Gasteiger partial charge in [-0.3, -0.25) is 4.79 Å². The van der Waals surface area contributed by atoms with Crippen molar-refractivity contribution in [3.8, 4) is 0 Å². The molecule has 5 nitrogen and oxygen atoms in total. The third-order valence-electron chi connectivity index (χ3n) is 3.61. The molecule has 2 aromatic rings. The van der Waals surface area contributed by atoms with E-state index in [2.05, 4.69) is 15.6 Å². The Morgan fingerprint density at radius 3 is 3.00 bits per heavy atom. The third-order valence-corrected chi connectivity index (χ3v) is 4.76. The first-order valence-electron chi connectivity index (χ1n) is 7.10. The molecule has 1 saturated heterocycles. The number of carbonyl (C=O) groups excluding carboxylic acids is 1. The lowest BCUT2D eigenvalue weighted by molar-refractivity contribution is -0.119. The summed E-state index contributed by atoms with van der Waals surface area (Å²) in [7, 11) is 1.89. The standard InChI is InChI=1S/C15H17FN4OS.ClH/c1-20-7-6-18-15(20)22-13-3-2-11(16)8-12(13)19-14(21)10-4-5-17-9-10;/h2-3,6-8,10,17H,4-5,9H2,1H3,(H,19,21);1H. The quantitative estimate of drug-likeness (QED) is 0.884. The second-order valence-corrected chi connectivity index (χ2v) is 6.25. The molecule has 1 aromatic carbocycles. The number of nitrogens with one attached hydrogen (secondary N) is 2. The summed E-state index contributed by atoms with van der Waals surface area (Å²) >= 11 is 1.40. The number of hydrogen-bond donors (Lipinski definition) is 2. The molecule has 0 aliphatic carbocycles. The van der Waals surface area contributed by atoms with Crippen molar-refractivity contribution in [1.29, 1.82) is 0 Å². The van der Waals surface area contributed by atoms with Crippen LogP contribution in [0.15, 0.2) is 40.6 Å². The maximum absolute atomic E-state index is 13.5.